The van der Waals surface area contributed by atoms with Crippen LogP contribution in [0.25, 0.3) is 105 Å². The van der Waals surface area contributed by atoms with Crippen LogP contribution < -0.4 is 0 Å². The number of benzene rings is 9. The van der Waals surface area contributed by atoms with E-state index >= 15 is 0 Å². The van der Waals surface area contributed by atoms with Crippen molar-refractivity contribution in [3.05, 3.63) is 259 Å². The average molecular weight is 922 g/mol. The normalized spacial score (nSPS) is 14.8. The molecular weight excluding hydrogens is 883 g/mol. The minimum Gasteiger partial charge on any atom is -0.309 e. The van der Waals surface area contributed by atoms with E-state index in [1.807, 2.05) is 18.0 Å². The monoisotopic (exact) mass is 921 g/mol. The molecule has 0 N–H and O–H groups in total. The van der Waals surface area contributed by atoms with Gasteiger partial charge in [0.1, 0.15) is 0 Å². The van der Waals surface area contributed by atoms with Crippen LogP contribution in [0.15, 0.2) is 247 Å². The van der Waals surface area contributed by atoms with Crippen molar-refractivity contribution in [3.63, 3.8) is 0 Å². The molecule has 0 amide bonds. The molecule has 1 atom stereocenters. The van der Waals surface area contributed by atoms with Crippen LogP contribution >= 0.6 is 11.8 Å². The van der Waals surface area contributed by atoms with Crippen molar-refractivity contribution in [3.8, 4) is 39.6 Å². The molecule has 0 radical (unpaired) electrons. The van der Waals surface area contributed by atoms with E-state index in [-0.39, 0.29) is 0 Å². The minimum atomic E-state index is -0.671. The molecule has 2 aliphatic rings. The molecule has 71 heavy (non-hydrogen) atoms. The Morgan fingerprint density at radius 3 is 1.42 bits per heavy atom. The second kappa shape index (κ2) is 14.5. The summed E-state index contributed by atoms with van der Waals surface area (Å²) in [5.41, 5.74) is 18.7. The summed E-state index contributed by atoms with van der Waals surface area (Å²) in [6, 6.07) is 82.6. The lowest BCUT2D eigenvalue weighted by molar-refractivity contribution is 0.718. The van der Waals surface area contributed by atoms with E-state index in [9.17, 15) is 0 Å². The van der Waals surface area contributed by atoms with Gasteiger partial charge in [0, 0.05) is 82.7 Å². The third-order valence-corrected chi connectivity index (χ3v) is 16.5. The largest absolute Gasteiger partial charge is 0.309 e. The number of pyridine rings is 2. The van der Waals surface area contributed by atoms with Crippen LogP contribution in [0.3, 0.4) is 0 Å². The van der Waals surface area contributed by atoms with E-state index in [1.165, 1.54) is 80.8 Å². The molecule has 5 aromatic heterocycles. The van der Waals surface area contributed by atoms with Crippen LogP contribution in [0, 0.1) is 0 Å². The Kier molecular flexibility index (Phi) is 7.97. The summed E-state index contributed by atoms with van der Waals surface area (Å²) in [6.07, 6.45) is 3.98. The molecule has 1 spiro atoms. The maximum absolute atomic E-state index is 5.42. The fourth-order valence-electron chi connectivity index (χ4n) is 12.5. The SMILES string of the molecule is c1cc(-n2c3ccccc3c3ccccc32)cc(-n2c3ccccc3c3cc(-c4cnc5c(c4)C4(c6ccccc6Sc6ccc(-n7c8ccccc8c8ccccc87)cc64)c4cccnc4-5)ccc32)c1. The van der Waals surface area contributed by atoms with Crippen molar-refractivity contribution in [1.29, 1.82) is 0 Å². The molecule has 1 aliphatic carbocycles. The molecule has 6 heteroatoms. The van der Waals surface area contributed by atoms with Crippen molar-refractivity contribution < 1.29 is 0 Å². The topological polar surface area (TPSA) is 40.6 Å². The van der Waals surface area contributed by atoms with Gasteiger partial charge in [-0.15, -0.1) is 0 Å². The van der Waals surface area contributed by atoms with Gasteiger partial charge in [-0.3, -0.25) is 9.97 Å². The highest BCUT2D eigenvalue weighted by Gasteiger charge is 2.52. The fourth-order valence-corrected chi connectivity index (χ4v) is 13.7. The van der Waals surface area contributed by atoms with Gasteiger partial charge in [0.05, 0.1) is 49.9 Å². The number of rotatable bonds is 4. The predicted octanol–water partition coefficient (Wildman–Crippen LogP) is 16.3. The molecular formula is C65H39N5S. The zero-order valence-electron chi connectivity index (χ0n) is 38.2. The summed E-state index contributed by atoms with van der Waals surface area (Å²) >= 11 is 1.86. The smallest absolute Gasteiger partial charge is 0.0937 e. The van der Waals surface area contributed by atoms with Crippen LogP contribution in [0.2, 0.25) is 0 Å². The highest BCUT2D eigenvalue weighted by molar-refractivity contribution is 7.99. The molecule has 0 fully saturated rings. The van der Waals surface area contributed by atoms with Crippen LogP contribution in [0.4, 0.5) is 0 Å². The molecule has 16 rings (SSSR count). The summed E-state index contributed by atoms with van der Waals surface area (Å²) in [7, 11) is 0. The molecule has 9 aromatic carbocycles. The second-order valence-corrected chi connectivity index (χ2v) is 20.0. The zero-order chi connectivity index (χ0) is 46.4. The van der Waals surface area contributed by atoms with Gasteiger partial charge in [0.15, 0.2) is 0 Å². The Hall–Kier alpha value is -8.97. The number of nitrogens with zero attached hydrogens (tertiary/aromatic N) is 5. The first-order chi connectivity index (χ1) is 35.2. The summed E-state index contributed by atoms with van der Waals surface area (Å²) in [5.74, 6) is 0. The van der Waals surface area contributed by atoms with Crippen molar-refractivity contribution >= 4 is 77.2 Å². The predicted molar refractivity (Wildman–Crippen MR) is 292 cm³/mol. The lowest BCUT2D eigenvalue weighted by atomic mass is 9.67. The van der Waals surface area contributed by atoms with Gasteiger partial charge in [0.25, 0.3) is 0 Å². The van der Waals surface area contributed by atoms with Crippen molar-refractivity contribution in [2.24, 2.45) is 0 Å². The highest BCUT2D eigenvalue weighted by atomic mass is 32.2. The average Bonchev–Trinajstić information content (AvgIpc) is 4.15. The molecule has 0 saturated heterocycles. The van der Waals surface area contributed by atoms with Crippen molar-refractivity contribution in [2.75, 3.05) is 0 Å². The van der Waals surface area contributed by atoms with Gasteiger partial charge in [-0.05, 0) is 119 Å². The summed E-state index contributed by atoms with van der Waals surface area (Å²) in [6.45, 7) is 0. The molecule has 5 nitrogen and oxygen atoms in total. The van der Waals surface area contributed by atoms with Gasteiger partial charge < -0.3 is 13.7 Å². The molecule has 330 valence electrons. The van der Waals surface area contributed by atoms with E-state index in [4.69, 9.17) is 9.97 Å². The number of aromatic nitrogens is 5. The van der Waals surface area contributed by atoms with Gasteiger partial charge in [0.2, 0.25) is 0 Å². The highest BCUT2D eigenvalue weighted by Crippen LogP contribution is 2.62. The lowest BCUT2D eigenvalue weighted by Gasteiger charge is -2.39. The van der Waals surface area contributed by atoms with E-state index < -0.39 is 5.41 Å². The van der Waals surface area contributed by atoms with Crippen molar-refractivity contribution in [1.82, 2.24) is 23.7 Å². The summed E-state index contributed by atoms with van der Waals surface area (Å²) < 4.78 is 7.26. The van der Waals surface area contributed by atoms with Gasteiger partial charge in [-0.1, -0.05) is 139 Å². The van der Waals surface area contributed by atoms with E-state index in [0.717, 1.165) is 56.2 Å². The maximum atomic E-state index is 5.42. The third kappa shape index (κ3) is 5.26. The summed E-state index contributed by atoms with van der Waals surface area (Å²) in [4.78, 5) is 13.0. The van der Waals surface area contributed by atoms with Gasteiger partial charge in [-0.2, -0.15) is 0 Å². The Morgan fingerprint density at radius 2 is 0.803 bits per heavy atom. The Morgan fingerprint density at radius 1 is 0.310 bits per heavy atom. The Labute approximate surface area is 412 Å². The number of para-hydroxylation sites is 5. The van der Waals surface area contributed by atoms with Gasteiger partial charge >= 0.3 is 0 Å². The van der Waals surface area contributed by atoms with Crippen LogP contribution in [-0.2, 0) is 5.41 Å². The molecule has 1 aliphatic heterocycles. The quantitative estimate of drug-likeness (QED) is 0.177. The maximum Gasteiger partial charge on any atom is 0.0937 e. The zero-order valence-corrected chi connectivity index (χ0v) is 39.0. The van der Waals surface area contributed by atoms with E-state index in [0.29, 0.717) is 0 Å². The fraction of sp³-hybridized carbons (Fsp3) is 0.0154. The summed E-state index contributed by atoms with van der Waals surface area (Å²) in [5, 5.41) is 7.41. The standard InChI is InChI=1S/C65H39N5S/c1-7-24-55-45(17-1)46-18-2-8-25-56(46)68(55)42-15-13-16-43(37-42)69-59-28-11-5-21-49(59)50-35-40(30-32-60(50)69)41-36-54-64(67-39-41)63-52(23-14-34-66-63)65(54)51-22-6-12-29-61(51)71-62-33-31-44(38-53(62)65)70-57-26-9-3-19-47(57)48-20-4-10-27-58(48)70/h1-39H. The minimum absolute atomic E-state index is 0.671. The van der Waals surface area contributed by atoms with Crippen LogP contribution in [-0.4, -0.2) is 23.7 Å². The number of hydrogen-bond acceptors (Lipinski definition) is 3. The second-order valence-electron chi connectivity index (χ2n) is 18.9. The van der Waals surface area contributed by atoms with E-state index in [1.54, 1.807) is 0 Å². The Bertz CT molecular complexity index is 4480. The first kappa shape index (κ1) is 38.9. The van der Waals surface area contributed by atoms with Crippen molar-refractivity contribution in [2.45, 2.75) is 15.2 Å². The lowest BCUT2D eigenvalue weighted by Crippen LogP contribution is -2.32. The van der Waals surface area contributed by atoms with E-state index in [2.05, 4.69) is 244 Å². The molecule has 1 unspecified atom stereocenters. The molecule has 14 aromatic rings. The number of hydrogen-bond donors (Lipinski definition) is 0. The molecule has 0 saturated carbocycles. The van der Waals surface area contributed by atoms with Gasteiger partial charge in [-0.25, -0.2) is 0 Å². The first-order valence-electron chi connectivity index (χ1n) is 24.2. The Balaban J connectivity index is 0.894. The molecule has 0 bridgehead atoms. The number of fused-ring (bicyclic) bond motifs is 18. The molecule has 6 heterocycles. The first-order valence-corrected chi connectivity index (χ1v) is 25.0. The third-order valence-electron chi connectivity index (χ3n) is 15.4. The van der Waals surface area contributed by atoms with Crippen LogP contribution in [0.1, 0.15) is 22.3 Å². The van der Waals surface area contributed by atoms with Crippen LogP contribution in [0.5, 0.6) is 0 Å².